The molecule has 0 unspecified atom stereocenters. The summed E-state index contributed by atoms with van der Waals surface area (Å²) < 4.78 is 24.1. The number of aryl methyl sites for hydroxylation is 1. The third kappa shape index (κ3) is 4.45. The number of amides is 1. The largest absolute Gasteiger partial charge is 0.494 e. The second kappa shape index (κ2) is 7.63. The van der Waals surface area contributed by atoms with Crippen molar-refractivity contribution in [3.63, 3.8) is 0 Å². The molecule has 0 aromatic heterocycles. The Balaban J connectivity index is 1.92. The van der Waals surface area contributed by atoms with Gasteiger partial charge in [0.2, 0.25) is 0 Å². The van der Waals surface area contributed by atoms with E-state index in [0.717, 1.165) is 5.56 Å². The Labute approximate surface area is 135 Å². The second-order valence-corrected chi connectivity index (χ2v) is 5.24. The molecule has 0 aliphatic rings. The van der Waals surface area contributed by atoms with Crippen LogP contribution in [0.4, 0.5) is 4.39 Å². The fraction of sp³-hybridized carbons (Fsp3) is 0.278. The van der Waals surface area contributed by atoms with Crippen molar-refractivity contribution in [1.82, 2.24) is 5.32 Å². The van der Waals surface area contributed by atoms with E-state index in [-0.39, 0.29) is 24.3 Å². The number of carbonyl (C=O) groups excluding carboxylic acids is 1. The van der Waals surface area contributed by atoms with Crippen LogP contribution in [-0.2, 0) is 4.79 Å². The first-order valence-electron chi connectivity index (χ1n) is 7.32. The van der Waals surface area contributed by atoms with Gasteiger partial charge in [0, 0.05) is 0 Å². The molecular weight excluding hydrogens is 297 g/mol. The fourth-order valence-corrected chi connectivity index (χ4v) is 2.18. The zero-order valence-electron chi connectivity index (χ0n) is 13.4. The van der Waals surface area contributed by atoms with Crippen LogP contribution < -0.4 is 14.8 Å². The molecule has 2 aromatic rings. The Kier molecular flexibility index (Phi) is 5.57. The van der Waals surface area contributed by atoms with Gasteiger partial charge in [-0.25, -0.2) is 4.39 Å². The standard InChI is InChI=1S/C18H20FNO3/c1-12-6-4-5-7-16(12)23-11-18(21)20-13(2)14-8-9-17(22-3)15(19)10-14/h4-10,13H,11H2,1-3H3,(H,20,21)/t13-/m0/s1. The van der Waals surface area contributed by atoms with Crippen LogP contribution in [-0.4, -0.2) is 19.6 Å². The molecule has 5 heteroatoms. The number of benzene rings is 2. The molecule has 0 heterocycles. The predicted octanol–water partition coefficient (Wildman–Crippen LogP) is 3.40. The van der Waals surface area contributed by atoms with Crippen molar-refractivity contribution < 1.29 is 18.7 Å². The van der Waals surface area contributed by atoms with E-state index in [1.54, 1.807) is 13.0 Å². The van der Waals surface area contributed by atoms with E-state index in [1.165, 1.54) is 19.2 Å². The van der Waals surface area contributed by atoms with Crippen molar-refractivity contribution in [3.8, 4) is 11.5 Å². The minimum atomic E-state index is -0.456. The Morgan fingerprint density at radius 3 is 2.61 bits per heavy atom. The van der Waals surface area contributed by atoms with Crippen molar-refractivity contribution in [2.45, 2.75) is 19.9 Å². The van der Waals surface area contributed by atoms with Crippen molar-refractivity contribution in [3.05, 3.63) is 59.4 Å². The van der Waals surface area contributed by atoms with Gasteiger partial charge in [-0.05, 0) is 43.2 Å². The molecule has 23 heavy (non-hydrogen) atoms. The van der Waals surface area contributed by atoms with Gasteiger partial charge in [-0.2, -0.15) is 0 Å². The lowest BCUT2D eigenvalue weighted by molar-refractivity contribution is -0.123. The molecule has 1 atom stereocenters. The van der Waals surface area contributed by atoms with Crippen LogP contribution >= 0.6 is 0 Å². The van der Waals surface area contributed by atoms with Crippen LogP contribution in [0.2, 0.25) is 0 Å². The third-order valence-corrected chi connectivity index (χ3v) is 3.51. The minimum absolute atomic E-state index is 0.0895. The van der Waals surface area contributed by atoms with Crippen molar-refractivity contribution in [2.75, 3.05) is 13.7 Å². The highest BCUT2D eigenvalue weighted by Gasteiger charge is 2.13. The van der Waals surface area contributed by atoms with Gasteiger partial charge in [0.25, 0.3) is 5.91 Å². The molecule has 122 valence electrons. The van der Waals surface area contributed by atoms with E-state index < -0.39 is 5.82 Å². The summed E-state index contributed by atoms with van der Waals surface area (Å²) in [6.07, 6.45) is 0. The van der Waals surface area contributed by atoms with E-state index in [1.807, 2.05) is 31.2 Å². The smallest absolute Gasteiger partial charge is 0.258 e. The summed E-state index contributed by atoms with van der Waals surface area (Å²) in [5.41, 5.74) is 1.62. The first-order chi connectivity index (χ1) is 11.0. The van der Waals surface area contributed by atoms with Gasteiger partial charge in [-0.3, -0.25) is 4.79 Å². The number of nitrogens with one attached hydrogen (secondary N) is 1. The topological polar surface area (TPSA) is 47.6 Å². The van der Waals surface area contributed by atoms with Crippen LogP contribution in [0.3, 0.4) is 0 Å². The zero-order chi connectivity index (χ0) is 16.8. The summed E-state index contributed by atoms with van der Waals surface area (Å²) in [5, 5.41) is 2.78. The maximum absolute atomic E-state index is 13.7. The molecule has 0 saturated carbocycles. The van der Waals surface area contributed by atoms with Crippen LogP contribution in [0.5, 0.6) is 11.5 Å². The quantitative estimate of drug-likeness (QED) is 0.888. The van der Waals surface area contributed by atoms with E-state index in [4.69, 9.17) is 9.47 Å². The van der Waals surface area contributed by atoms with Gasteiger partial charge in [0.1, 0.15) is 5.75 Å². The summed E-state index contributed by atoms with van der Waals surface area (Å²) in [6.45, 7) is 3.61. The van der Waals surface area contributed by atoms with Crippen LogP contribution in [0, 0.1) is 12.7 Å². The van der Waals surface area contributed by atoms with Gasteiger partial charge in [-0.15, -0.1) is 0 Å². The summed E-state index contributed by atoms with van der Waals surface area (Å²) in [5.74, 6) is 0.125. The van der Waals surface area contributed by atoms with Crippen LogP contribution in [0.25, 0.3) is 0 Å². The number of halogens is 1. The number of methoxy groups -OCH3 is 1. The van der Waals surface area contributed by atoms with Gasteiger partial charge in [0.15, 0.2) is 18.2 Å². The van der Waals surface area contributed by atoms with E-state index in [0.29, 0.717) is 11.3 Å². The van der Waals surface area contributed by atoms with E-state index >= 15 is 0 Å². The predicted molar refractivity (Wildman–Crippen MR) is 86.2 cm³/mol. The first-order valence-corrected chi connectivity index (χ1v) is 7.32. The molecular formula is C18H20FNO3. The number of para-hydroxylation sites is 1. The Bertz CT molecular complexity index is 688. The number of hydrogen-bond donors (Lipinski definition) is 1. The molecule has 1 N–H and O–H groups in total. The Hall–Kier alpha value is -2.56. The van der Waals surface area contributed by atoms with E-state index in [2.05, 4.69) is 5.32 Å². The molecule has 0 aliphatic carbocycles. The fourth-order valence-electron chi connectivity index (χ4n) is 2.18. The lowest BCUT2D eigenvalue weighted by atomic mass is 10.1. The molecule has 0 bridgehead atoms. The van der Waals surface area contributed by atoms with Crippen molar-refractivity contribution in [2.24, 2.45) is 0 Å². The third-order valence-electron chi connectivity index (χ3n) is 3.51. The number of rotatable bonds is 6. The lowest BCUT2D eigenvalue weighted by Gasteiger charge is -2.16. The molecule has 2 aromatic carbocycles. The molecule has 2 rings (SSSR count). The molecule has 0 aliphatic heterocycles. The molecule has 4 nitrogen and oxygen atoms in total. The Morgan fingerprint density at radius 1 is 1.22 bits per heavy atom. The van der Waals surface area contributed by atoms with Crippen LogP contribution in [0.15, 0.2) is 42.5 Å². The molecule has 0 spiro atoms. The average molecular weight is 317 g/mol. The number of carbonyl (C=O) groups is 1. The molecule has 1 amide bonds. The highest BCUT2D eigenvalue weighted by atomic mass is 19.1. The van der Waals surface area contributed by atoms with Gasteiger partial charge in [-0.1, -0.05) is 24.3 Å². The molecule has 0 radical (unpaired) electrons. The second-order valence-electron chi connectivity index (χ2n) is 5.24. The lowest BCUT2D eigenvalue weighted by Crippen LogP contribution is -2.31. The maximum atomic E-state index is 13.7. The zero-order valence-corrected chi connectivity index (χ0v) is 13.4. The molecule has 0 saturated heterocycles. The highest BCUT2D eigenvalue weighted by molar-refractivity contribution is 5.78. The van der Waals surface area contributed by atoms with E-state index in [9.17, 15) is 9.18 Å². The minimum Gasteiger partial charge on any atom is -0.494 e. The van der Waals surface area contributed by atoms with Gasteiger partial charge in [0.05, 0.1) is 13.2 Å². The number of hydrogen-bond acceptors (Lipinski definition) is 3. The Morgan fingerprint density at radius 2 is 1.96 bits per heavy atom. The van der Waals surface area contributed by atoms with Crippen molar-refractivity contribution >= 4 is 5.91 Å². The summed E-state index contributed by atoms with van der Waals surface area (Å²) >= 11 is 0. The van der Waals surface area contributed by atoms with Crippen molar-refractivity contribution in [1.29, 1.82) is 0 Å². The van der Waals surface area contributed by atoms with Gasteiger partial charge < -0.3 is 14.8 Å². The van der Waals surface area contributed by atoms with Crippen LogP contribution in [0.1, 0.15) is 24.1 Å². The first kappa shape index (κ1) is 16.8. The highest BCUT2D eigenvalue weighted by Crippen LogP contribution is 2.21. The SMILES string of the molecule is COc1ccc([C@H](C)NC(=O)COc2ccccc2C)cc1F. The summed E-state index contributed by atoms with van der Waals surface area (Å²) in [7, 11) is 1.41. The summed E-state index contributed by atoms with van der Waals surface area (Å²) in [6, 6.07) is 11.8. The number of ether oxygens (including phenoxy) is 2. The normalized spacial score (nSPS) is 11.7. The monoisotopic (exact) mass is 317 g/mol. The average Bonchev–Trinajstić information content (AvgIpc) is 2.54. The maximum Gasteiger partial charge on any atom is 0.258 e. The summed E-state index contributed by atoms with van der Waals surface area (Å²) in [4.78, 5) is 12.0. The van der Waals surface area contributed by atoms with Gasteiger partial charge >= 0.3 is 0 Å². The molecule has 0 fully saturated rings.